The van der Waals surface area contributed by atoms with E-state index in [4.69, 9.17) is 11.6 Å². The lowest BCUT2D eigenvalue weighted by atomic mass is 9.76. The number of benzene rings is 1. The first-order valence-corrected chi connectivity index (χ1v) is 7.56. The summed E-state index contributed by atoms with van der Waals surface area (Å²) < 4.78 is 13.0. The molecule has 0 unspecified atom stereocenters. The van der Waals surface area contributed by atoms with Gasteiger partial charge in [0.05, 0.1) is 16.7 Å². The molecule has 1 N–H and O–H groups in total. The molecule has 0 heterocycles. The molecule has 112 valence electrons. The van der Waals surface area contributed by atoms with Gasteiger partial charge in [-0.3, -0.25) is 4.79 Å². The molecule has 5 heteroatoms. The molecule has 1 amide bonds. The van der Waals surface area contributed by atoms with Gasteiger partial charge in [-0.25, -0.2) is 4.39 Å². The smallest absolute Gasteiger partial charge is 0.254 e. The van der Waals surface area contributed by atoms with Crippen molar-refractivity contribution in [1.29, 1.82) is 5.26 Å². The highest BCUT2D eigenvalue weighted by atomic mass is 35.5. The van der Waals surface area contributed by atoms with E-state index in [0.717, 1.165) is 25.3 Å². The largest absolute Gasteiger partial charge is 0.334 e. The number of carbonyl (C=O) groups excluding carboxylic acids is 1. The third-order valence-electron chi connectivity index (χ3n) is 4.28. The second kappa shape index (κ2) is 6.44. The Kier molecular flexibility index (Phi) is 4.84. The van der Waals surface area contributed by atoms with Gasteiger partial charge >= 0.3 is 0 Å². The van der Waals surface area contributed by atoms with Gasteiger partial charge in [0, 0.05) is 0 Å². The Hall–Kier alpha value is -1.60. The number of halogens is 2. The molecule has 1 aromatic rings. The molecule has 1 aliphatic rings. The van der Waals surface area contributed by atoms with Gasteiger partial charge in [-0.15, -0.1) is 0 Å². The van der Waals surface area contributed by atoms with Crippen molar-refractivity contribution >= 4 is 17.5 Å². The highest BCUT2D eigenvalue weighted by Crippen LogP contribution is 2.33. The lowest BCUT2D eigenvalue weighted by molar-refractivity contribution is 0.0891. The third-order valence-corrected chi connectivity index (χ3v) is 4.59. The Morgan fingerprint density at radius 2 is 2.19 bits per heavy atom. The monoisotopic (exact) mass is 308 g/mol. The summed E-state index contributed by atoms with van der Waals surface area (Å²) in [6.45, 7) is 2.14. The van der Waals surface area contributed by atoms with E-state index in [-0.39, 0.29) is 10.6 Å². The van der Waals surface area contributed by atoms with Crippen molar-refractivity contribution in [2.24, 2.45) is 5.92 Å². The third kappa shape index (κ3) is 3.54. The summed E-state index contributed by atoms with van der Waals surface area (Å²) in [4.78, 5) is 12.3. The Morgan fingerprint density at radius 3 is 2.71 bits per heavy atom. The van der Waals surface area contributed by atoms with Crippen LogP contribution in [0.4, 0.5) is 4.39 Å². The zero-order chi connectivity index (χ0) is 15.5. The molecule has 0 aromatic heterocycles. The topological polar surface area (TPSA) is 52.9 Å². The van der Waals surface area contributed by atoms with Gasteiger partial charge in [-0.2, -0.15) is 5.26 Å². The average molecular weight is 309 g/mol. The normalized spacial score (nSPS) is 25.1. The molecule has 0 radical (unpaired) electrons. The van der Waals surface area contributed by atoms with Crippen LogP contribution in [0.1, 0.15) is 49.4 Å². The van der Waals surface area contributed by atoms with Crippen LogP contribution in [0.2, 0.25) is 5.02 Å². The van der Waals surface area contributed by atoms with Crippen molar-refractivity contribution in [1.82, 2.24) is 5.32 Å². The first kappa shape index (κ1) is 15.8. The van der Waals surface area contributed by atoms with E-state index in [0.29, 0.717) is 18.8 Å². The van der Waals surface area contributed by atoms with Gasteiger partial charge in [0.1, 0.15) is 11.4 Å². The standard InChI is InChI=1S/C16H18ClFN2O/c1-2-11-5-7-16(10-19,8-6-11)20-15(21)13-4-3-12(18)9-14(13)17/h3-4,9,11H,2,5-8H2,1H3,(H,20,21). The van der Waals surface area contributed by atoms with Gasteiger partial charge in [-0.1, -0.05) is 24.9 Å². The SMILES string of the molecule is CCC1CCC(C#N)(NC(=O)c2ccc(F)cc2Cl)CC1. The molecule has 1 fully saturated rings. The van der Waals surface area contributed by atoms with Crippen LogP contribution >= 0.6 is 11.6 Å². The second-order valence-electron chi connectivity index (χ2n) is 5.62. The van der Waals surface area contributed by atoms with Gasteiger partial charge in [0.15, 0.2) is 0 Å². The van der Waals surface area contributed by atoms with Crippen LogP contribution < -0.4 is 5.32 Å². The lowest BCUT2D eigenvalue weighted by Crippen LogP contribution is -2.49. The van der Waals surface area contributed by atoms with E-state index in [2.05, 4.69) is 18.3 Å². The van der Waals surface area contributed by atoms with Crippen molar-refractivity contribution < 1.29 is 9.18 Å². The number of nitrogens with one attached hydrogen (secondary N) is 1. The van der Waals surface area contributed by atoms with E-state index < -0.39 is 17.3 Å². The Labute approximate surface area is 129 Å². The minimum atomic E-state index is -0.833. The molecule has 1 saturated carbocycles. The maximum absolute atomic E-state index is 13.0. The van der Waals surface area contributed by atoms with Crippen LogP contribution in [0.5, 0.6) is 0 Å². The number of nitriles is 1. The molecule has 0 aliphatic heterocycles. The zero-order valence-electron chi connectivity index (χ0n) is 12.0. The molecule has 0 atom stereocenters. The lowest BCUT2D eigenvalue weighted by Gasteiger charge is -2.35. The Morgan fingerprint density at radius 1 is 1.52 bits per heavy atom. The Balaban J connectivity index is 2.12. The first-order valence-electron chi connectivity index (χ1n) is 7.18. The first-order chi connectivity index (χ1) is 9.99. The predicted octanol–water partition coefficient (Wildman–Crippen LogP) is 4.07. The molecule has 1 aromatic carbocycles. The highest BCUT2D eigenvalue weighted by molar-refractivity contribution is 6.33. The summed E-state index contributed by atoms with van der Waals surface area (Å²) >= 11 is 5.89. The number of nitrogens with zero attached hydrogens (tertiary/aromatic N) is 1. The molecule has 21 heavy (non-hydrogen) atoms. The van der Waals surface area contributed by atoms with E-state index >= 15 is 0 Å². The molecule has 0 spiro atoms. The van der Waals surface area contributed by atoms with Crippen LogP contribution in [0, 0.1) is 23.1 Å². The fraction of sp³-hybridized carbons (Fsp3) is 0.500. The van der Waals surface area contributed by atoms with Crippen LogP contribution in [-0.2, 0) is 0 Å². The van der Waals surface area contributed by atoms with Gasteiger partial charge in [0.2, 0.25) is 0 Å². The van der Waals surface area contributed by atoms with E-state index in [9.17, 15) is 14.4 Å². The van der Waals surface area contributed by atoms with Gasteiger partial charge in [0.25, 0.3) is 5.91 Å². The van der Waals surface area contributed by atoms with Crippen LogP contribution in [0.15, 0.2) is 18.2 Å². The quantitative estimate of drug-likeness (QED) is 0.915. The highest BCUT2D eigenvalue weighted by Gasteiger charge is 2.36. The maximum Gasteiger partial charge on any atom is 0.254 e. The van der Waals surface area contributed by atoms with Crippen molar-refractivity contribution in [3.05, 3.63) is 34.6 Å². The number of rotatable bonds is 3. The summed E-state index contributed by atoms with van der Waals surface area (Å²) in [7, 11) is 0. The summed E-state index contributed by atoms with van der Waals surface area (Å²) in [5, 5.41) is 12.3. The number of amides is 1. The fourth-order valence-electron chi connectivity index (χ4n) is 2.80. The number of carbonyl (C=O) groups is 1. The maximum atomic E-state index is 13.0. The number of hydrogen-bond acceptors (Lipinski definition) is 2. The average Bonchev–Trinajstić information content (AvgIpc) is 2.47. The molecule has 0 saturated heterocycles. The summed E-state index contributed by atoms with van der Waals surface area (Å²) in [5.74, 6) is -0.288. The fourth-order valence-corrected chi connectivity index (χ4v) is 3.05. The predicted molar refractivity (Wildman–Crippen MR) is 79.5 cm³/mol. The van der Waals surface area contributed by atoms with Gasteiger partial charge < -0.3 is 5.32 Å². The van der Waals surface area contributed by atoms with E-state index in [1.165, 1.54) is 12.1 Å². The van der Waals surface area contributed by atoms with Crippen LogP contribution in [0.3, 0.4) is 0 Å². The van der Waals surface area contributed by atoms with Gasteiger partial charge in [-0.05, 0) is 49.8 Å². The van der Waals surface area contributed by atoms with Crippen molar-refractivity contribution in [3.63, 3.8) is 0 Å². The molecule has 2 rings (SSSR count). The van der Waals surface area contributed by atoms with E-state index in [1.54, 1.807) is 0 Å². The molecule has 1 aliphatic carbocycles. The molecular formula is C16H18ClFN2O. The van der Waals surface area contributed by atoms with Crippen LogP contribution in [0.25, 0.3) is 0 Å². The van der Waals surface area contributed by atoms with E-state index in [1.807, 2.05) is 0 Å². The van der Waals surface area contributed by atoms with Crippen LogP contribution in [-0.4, -0.2) is 11.4 Å². The van der Waals surface area contributed by atoms with Crippen molar-refractivity contribution in [2.45, 2.75) is 44.6 Å². The summed E-state index contributed by atoms with van der Waals surface area (Å²) in [6.07, 6.45) is 4.25. The minimum Gasteiger partial charge on any atom is -0.334 e. The summed E-state index contributed by atoms with van der Waals surface area (Å²) in [6, 6.07) is 5.88. The Bertz CT molecular complexity index is 574. The second-order valence-corrected chi connectivity index (χ2v) is 6.03. The minimum absolute atomic E-state index is 0.0582. The summed E-state index contributed by atoms with van der Waals surface area (Å²) in [5.41, 5.74) is -0.634. The number of hydrogen-bond donors (Lipinski definition) is 1. The molecule has 0 bridgehead atoms. The zero-order valence-corrected chi connectivity index (χ0v) is 12.7. The van der Waals surface area contributed by atoms with Crippen molar-refractivity contribution in [3.8, 4) is 6.07 Å². The molecular weight excluding hydrogens is 291 g/mol. The molecule has 3 nitrogen and oxygen atoms in total. The van der Waals surface area contributed by atoms with Crippen molar-refractivity contribution in [2.75, 3.05) is 0 Å².